The molecule has 1 atom stereocenters. The molecule has 0 fully saturated rings. The second-order valence-electron chi connectivity index (χ2n) is 8.45. The van der Waals surface area contributed by atoms with Crippen LogP contribution in [0, 0.1) is 5.21 Å². The lowest BCUT2D eigenvalue weighted by Crippen LogP contribution is -3.05. The molecule has 9 nitrogen and oxygen atoms in total. The molecule has 3 aromatic rings. The van der Waals surface area contributed by atoms with Crippen molar-refractivity contribution in [2.75, 3.05) is 46.7 Å². The number of anilines is 1. The summed E-state index contributed by atoms with van der Waals surface area (Å²) in [5.41, 5.74) is 0.663. The zero-order valence-electron chi connectivity index (χ0n) is 20.6. The van der Waals surface area contributed by atoms with Crippen LogP contribution in [0.25, 0.3) is 0 Å². The minimum atomic E-state index is -0.925. The van der Waals surface area contributed by atoms with Crippen LogP contribution in [0.5, 0.6) is 5.75 Å². The number of thiophene rings is 1. The number of aromatic nitrogens is 1. The van der Waals surface area contributed by atoms with E-state index in [-0.39, 0.29) is 32.7 Å². The molecule has 0 radical (unpaired) electrons. The average molecular weight is 587 g/mol. The molecule has 0 bridgehead atoms. The maximum absolute atomic E-state index is 13.2. The molecule has 2 aromatic heterocycles. The van der Waals surface area contributed by atoms with Crippen molar-refractivity contribution in [1.82, 2.24) is 14.8 Å². The number of nitrogens with zero attached hydrogens (tertiary/aromatic N) is 3. The molecule has 2 heterocycles. The lowest BCUT2D eigenvalue weighted by Gasteiger charge is -2.21. The first kappa shape index (κ1) is 29.3. The van der Waals surface area contributed by atoms with Crippen molar-refractivity contribution in [3.8, 4) is 5.75 Å². The van der Waals surface area contributed by atoms with Crippen LogP contribution in [0.3, 0.4) is 0 Å². The molecule has 198 valence electrons. The smallest absolute Gasteiger partial charge is 0.352 e. The van der Waals surface area contributed by atoms with Crippen molar-refractivity contribution in [2.45, 2.75) is 6.54 Å². The van der Waals surface area contributed by atoms with Crippen LogP contribution < -0.4 is 15.1 Å². The number of carbonyl (C=O) groups excluding carboxylic acids is 2. The standard InChI is InChI=1S/C24H26Cl3N5O4S/c1-30(2)7-8-31(3)12-14-13-37-22(20(14)27)23(33)29-21-17(9-16(26)10-18(21)36-4)24(34)32(35)19-6-5-15(25)11-28-19/h5-6,9-11,13,32H,7-8,12H2,1-4H3,(H,29,33). The normalized spacial score (nSPS) is 12.2. The Morgan fingerprint density at radius 1 is 1.14 bits per heavy atom. The third-order valence-electron chi connectivity index (χ3n) is 5.31. The van der Waals surface area contributed by atoms with Crippen LogP contribution in [-0.2, 0) is 6.54 Å². The second-order valence-corrected chi connectivity index (χ2v) is 10.6. The van der Waals surface area contributed by atoms with E-state index in [1.807, 2.05) is 26.5 Å². The molecule has 2 N–H and O–H groups in total. The lowest BCUT2D eigenvalue weighted by molar-refractivity contribution is -0.682. The molecule has 13 heteroatoms. The molecule has 37 heavy (non-hydrogen) atoms. The van der Waals surface area contributed by atoms with Gasteiger partial charge in [0.05, 0.1) is 23.4 Å². The van der Waals surface area contributed by atoms with Crippen molar-refractivity contribution in [1.29, 1.82) is 0 Å². The van der Waals surface area contributed by atoms with Crippen molar-refractivity contribution in [3.05, 3.63) is 72.1 Å². The highest BCUT2D eigenvalue weighted by atomic mass is 35.5. The number of rotatable bonds is 10. The predicted molar refractivity (Wildman–Crippen MR) is 148 cm³/mol. The summed E-state index contributed by atoms with van der Waals surface area (Å²) in [5, 5.41) is 17.3. The van der Waals surface area contributed by atoms with E-state index in [0.717, 1.165) is 18.7 Å². The van der Waals surface area contributed by atoms with E-state index in [1.165, 1.54) is 48.9 Å². The molecule has 1 aromatic carbocycles. The Hall–Kier alpha value is -2.28. The van der Waals surface area contributed by atoms with E-state index in [2.05, 4.69) is 20.1 Å². The van der Waals surface area contributed by atoms with Crippen molar-refractivity contribution in [2.24, 2.45) is 0 Å². The van der Waals surface area contributed by atoms with Crippen LogP contribution in [0.1, 0.15) is 25.6 Å². The van der Waals surface area contributed by atoms with Gasteiger partial charge in [0.2, 0.25) is 5.82 Å². The largest absolute Gasteiger partial charge is 0.620 e. The van der Waals surface area contributed by atoms with Crippen LogP contribution in [-0.4, -0.2) is 67.9 Å². The number of quaternary nitrogens is 1. The Morgan fingerprint density at radius 2 is 1.86 bits per heavy atom. The van der Waals surface area contributed by atoms with Gasteiger partial charge in [-0.15, -0.1) is 11.3 Å². The van der Waals surface area contributed by atoms with Gasteiger partial charge in [-0.1, -0.05) is 34.8 Å². The van der Waals surface area contributed by atoms with Gasteiger partial charge in [-0.3, -0.25) is 9.86 Å². The maximum atomic E-state index is 13.2. The fourth-order valence-corrected chi connectivity index (χ4v) is 4.91. The van der Waals surface area contributed by atoms with Crippen LogP contribution in [0.4, 0.5) is 11.5 Å². The fraction of sp³-hybridized carbons (Fsp3) is 0.292. The minimum Gasteiger partial charge on any atom is -0.620 e. The summed E-state index contributed by atoms with van der Waals surface area (Å²) < 4.78 is 5.35. The molecule has 0 saturated heterocycles. The number of likely N-dealkylation sites (N-methyl/N-ethyl adjacent to an activating group) is 2. The average Bonchev–Trinajstić information content (AvgIpc) is 3.22. The highest BCUT2D eigenvalue weighted by Crippen LogP contribution is 2.35. The van der Waals surface area contributed by atoms with E-state index in [4.69, 9.17) is 39.5 Å². The molecule has 0 aliphatic rings. The Morgan fingerprint density at radius 3 is 2.49 bits per heavy atom. The van der Waals surface area contributed by atoms with Crippen molar-refractivity contribution in [3.63, 3.8) is 0 Å². The number of nitrogens with one attached hydrogen (secondary N) is 2. The third-order valence-corrected chi connectivity index (χ3v) is 7.33. The predicted octanol–water partition coefficient (Wildman–Crippen LogP) is 4.21. The number of hydrogen-bond donors (Lipinski definition) is 2. The summed E-state index contributed by atoms with van der Waals surface area (Å²) in [4.78, 5) is 34.8. The van der Waals surface area contributed by atoms with Gasteiger partial charge in [0, 0.05) is 36.8 Å². The van der Waals surface area contributed by atoms with Crippen LogP contribution >= 0.6 is 46.1 Å². The number of hydroxylamine groups is 1. The van der Waals surface area contributed by atoms with Gasteiger partial charge in [0.25, 0.3) is 5.91 Å². The molecule has 1 unspecified atom stereocenters. The summed E-state index contributed by atoms with van der Waals surface area (Å²) in [6.07, 6.45) is 1.26. The molecule has 0 spiro atoms. The lowest BCUT2D eigenvalue weighted by atomic mass is 10.1. The SMILES string of the molecule is COc1cc(Cl)cc(C(=O)[NH+]([O-])c2ccc(Cl)cn2)c1NC(=O)c1scc(CN(C)CCN(C)C)c1Cl. The second kappa shape index (κ2) is 13.0. The van der Waals surface area contributed by atoms with Gasteiger partial charge >= 0.3 is 5.91 Å². The molecular weight excluding hydrogens is 561 g/mol. The summed E-state index contributed by atoms with van der Waals surface area (Å²) in [5.74, 6) is -1.47. The molecule has 0 saturated carbocycles. The van der Waals surface area contributed by atoms with E-state index in [0.29, 0.717) is 16.6 Å². The molecule has 3 rings (SSSR count). The van der Waals surface area contributed by atoms with Crippen LogP contribution in [0.2, 0.25) is 15.1 Å². The molecular formula is C24H26Cl3N5O4S. The van der Waals surface area contributed by atoms with Gasteiger partial charge in [-0.2, -0.15) is 0 Å². The number of hydrogen-bond acceptors (Lipinski definition) is 8. The third kappa shape index (κ3) is 7.40. The molecule has 0 aliphatic carbocycles. The van der Waals surface area contributed by atoms with E-state index in [9.17, 15) is 14.8 Å². The number of amides is 2. The zero-order valence-corrected chi connectivity index (χ0v) is 23.7. The van der Waals surface area contributed by atoms with Crippen molar-refractivity contribution < 1.29 is 19.4 Å². The summed E-state index contributed by atoms with van der Waals surface area (Å²) in [6, 6.07) is 5.51. The Balaban J connectivity index is 1.88. The molecule has 0 aliphatic heterocycles. The van der Waals surface area contributed by atoms with Gasteiger partial charge in [-0.25, -0.2) is 9.78 Å². The Bertz CT molecular complexity index is 1270. The van der Waals surface area contributed by atoms with Crippen molar-refractivity contribution >= 4 is 69.5 Å². The van der Waals surface area contributed by atoms with E-state index in [1.54, 1.807) is 0 Å². The quantitative estimate of drug-likeness (QED) is 0.343. The fourth-order valence-electron chi connectivity index (χ4n) is 3.35. The monoisotopic (exact) mass is 585 g/mol. The number of benzene rings is 1. The van der Waals surface area contributed by atoms with Gasteiger partial charge in [0.1, 0.15) is 21.9 Å². The van der Waals surface area contributed by atoms with Gasteiger partial charge < -0.3 is 25.1 Å². The van der Waals surface area contributed by atoms with E-state index < -0.39 is 16.9 Å². The number of pyridine rings is 1. The maximum Gasteiger partial charge on any atom is 0.352 e. The van der Waals surface area contributed by atoms with E-state index >= 15 is 0 Å². The first-order valence-electron chi connectivity index (χ1n) is 11.0. The highest BCUT2D eigenvalue weighted by molar-refractivity contribution is 7.13. The van der Waals surface area contributed by atoms with Gasteiger partial charge in [0.15, 0.2) is 0 Å². The topological polar surface area (TPSA) is 102 Å². The number of methoxy groups -OCH3 is 1. The number of ether oxygens (including phenoxy) is 1. The molecule has 2 amide bonds. The number of carbonyl (C=O) groups is 2. The minimum absolute atomic E-state index is 0.00155. The Labute approximate surface area is 234 Å². The van der Waals surface area contributed by atoms with Crippen LogP contribution in [0.15, 0.2) is 35.8 Å². The Kier molecular flexibility index (Phi) is 10.3. The first-order valence-corrected chi connectivity index (χ1v) is 13.0. The first-order chi connectivity index (χ1) is 17.5. The highest BCUT2D eigenvalue weighted by Gasteiger charge is 2.27. The zero-order chi connectivity index (χ0) is 27.3. The van der Waals surface area contributed by atoms with Gasteiger partial charge in [-0.05, 0) is 44.2 Å². The summed E-state index contributed by atoms with van der Waals surface area (Å²) >= 11 is 19.7. The summed E-state index contributed by atoms with van der Waals surface area (Å²) in [7, 11) is 7.33. The summed E-state index contributed by atoms with van der Waals surface area (Å²) in [6.45, 7) is 2.26. The number of halogens is 3.